The summed E-state index contributed by atoms with van der Waals surface area (Å²) in [6.07, 6.45) is 4.39. The topological polar surface area (TPSA) is 78.4 Å². The van der Waals surface area contributed by atoms with E-state index in [1.54, 1.807) is 0 Å². The monoisotopic (exact) mass is 573 g/mol. The Morgan fingerprint density at radius 3 is 2.73 bits per heavy atom. The van der Waals surface area contributed by atoms with Crippen LogP contribution in [-0.2, 0) is 16.1 Å². The van der Waals surface area contributed by atoms with Crippen LogP contribution in [0.2, 0.25) is 0 Å². The summed E-state index contributed by atoms with van der Waals surface area (Å²) >= 11 is 0. The number of likely N-dealkylation sites (N-methyl/N-ethyl adjacent to an activating group) is 1. The first kappa shape index (κ1) is 27.7. The number of hydrogen-bond acceptors (Lipinski definition) is 5. The van der Waals surface area contributed by atoms with E-state index >= 15 is 0 Å². The predicted octanol–water partition coefficient (Wildman–Crippen LogP) is 2.47. The minimum Gasteiger partial charge on any atom is -0.492 e. The second kappa shape index (κ2) is 15.3. The Hall–Kier alpha value is -1.59. The molecule has 1 aromatic carbocycles. The number of nitrogens with one attached hydrogen (secondary N) is 2. The van der Waals surface area contributed by atoms with Gasteiger partial charge < -0.3 is 25.0 Å². The van der Waals surface area contributed by atoms with Gasteiger partial charge in [-0.15, -0.1) is 24.0 Å². The normalized spacial score (nSPS) is 17.1. The van der Waals surface area contributed by atoms with E-state index in [2.05, 4.69) is 27.6 Å². The molecule has 2 aliphatic rings. The van der Waals surface area contributed by atoms with Crippen LogP contribution in [0, 0.1) is 0 Å². The molecule has 0 atom stereocenters. The molecule has 2 saturated heterocycles. The standard InChI is InChI=1S/C24H39N5O3.HI/c1-3-25-24(27-19-23(30)29-11-4-5-12-29)26-18-20-7-6-8-22(17-20)32-16-13-28(2)21-9-14-31-15-10-21;/h6-8,17,21H,3-5,9-16,18-19H2,1-2H3,(H2,25,26,27);1H. The van der Waals surface area contributed by atoms with E-state index in [0.29, 0.717) is 25.2 Å². The van der Waals surface area contributed by atoms with Gasteiger partial charge in [-0.25, -0.2) is 4.99 Å². The van der Waals surface area contributed by atoms with Crippen molar-refractivity contribution >= 4 is 35.8 Å². The van der Waals surface area contributed by atoms with Crippen molar-refractivity contribution in [3.8, 4) is 5.75 Å². The van der Waals surface area contributed by atoms with Crippen LogP contribution in [0.4, 0.5) is 0 Å². The SMILES string of the molecule is CCNC(=NCc1cccc(OCCN(C)C2CCOCC2)c1)NCC(=O)N1CCCC1.I. The fraction of sp³-hybridized carbons (Fsp3) is 0.667. The van der Waals surface area contributed by atoms with Gasteiger partial charge in [-0.2, -0.15) is 0 Å². The molecule has 33 heavy (non-hydrogen) atoms. The Morgan fingerprint density at radius 2 is 2.00 bits per heavy atom. The first-order valence-corrected chi connectivity index (χ1v) is 12.0. The van der Waals surface area contributed by atoms with Crippen molar-refractivity contribution in [2.75, 3.05) is 59.6 Å². The van der Waals surface area contributed by atoms with Gasteiger partial charge in [0.05, 0.1) is 13.1 Å². The molecular weight excluding hydrogens is 533 g/mol. The van der Waals surface area contributed by atoms with Crippen LogP contribution >= 0.6 is 24.0 Å². The summed E-state index contributed by atoms with van der Waals surface area (Å²) in [6, 6.07) is 8.65. The third-order valence-corrected chi connectivity index (χ3v) is 6.06. The highest BCUT2D eigenvalue weighted by Gasteiger charge is 2.18. The van der Waals surface area contributed by atoms with Gasteiger partial charge in [0.15, 0.2) is 5.96 Å². The minimum atomic E-state index is 0. The lowest BCUT2D eigenvalue weighted by Crippen LogP contribution is -2.44. The second-order valence-corrected chi connectivity index (χ2v) is 8.46. The predicted molar refractivity (Wildman–Crippen MR) is 142 cm³/mol. The molecule has 0 spiro atoms. The van der Waals surface area contributed by atoms with Crippen LogP contribution in [0.3, 0.4) is 0 Å². The number of halogens is 1. The number of rotatable bonds is 10. The van der Waals surface area contributed by atoms with E-state index in [0.717, 1.165) is 76.4 Å². The molecule has 2 aliphatic heterocycles. The van der Waals surface area contributed by atoms with Crippen molar-refractivity contribution in [1.82, 2.24) is 20.4 Å². The maximum Gasteiger partial charge on any atom is 0.241 e. The molecule has 3 rings (SSSR count). The van der Waals surface area contributed by atoms with Crippen LogP contribution in [0.25, 0.3) is 0 Å². The lowest BCUT2D eigenvalue weighted by molar-refractivity contribution is -0.128. The van der Waals surface area contributed by atoms with E-state index in [1.807, 2.05) is 36.1 Å². The molecule has 186 valence electrons. The first-order chi connectivity index (χ1) is 15.7. The lowest BCUT2D eigenvalue weighted by Gasteiger charge is -2.31. The summed E-state index contributed by atoms with van der Waals surface area (Å²) < 4.78 is 11.4. The lowest BCUT2D eigenvalue weighted by atomic mass is 10.1. The molecule has 0 radical (unpaired) electrons. The maximum atomic E-state index is 12.3. The molecule has 9 heteroatoms. The van der Waals surface area contributed by atoms with Crippen molar-refractivity contribution in [1.29, 1.82) is 0 Å². The zero-order chi connectivity index (χ0) is 22.6. The molecular formula is C24H40IN5O3. The zero-order valence-electron chi connectivity index (χ0n) is 20.1. The fourth-order valence-corrected chi connectivity index (χ4v) is 4.10. The summed E-state index contributed by atoms with van der Waals surface area (Å²) in [7, 11) is 2.16. The molecule has 0 unspecified atom stereocenters. The smallest absolute Gasteiger partial charge is 0.241 e. The number of hydrogen-bond donors (Lipinski definition) is 2. The van der Waals surface area contributed by atoms with Crippen molar-refractivity contribution in [3.63, 3.8) is 0 Å². The van der Waals surface area contributed by atoms with Crippen molar-refractivity contribution in [2.24, 2.45) is 4.99 Å². The highest BCUT2D eigenvalue weighted by molar-refractivity contribution is 14.0. The van der Waals surface area contributed by atoms with Gasteiger partial charge in [0.25, 0.3) is 0 Å². The first-order valence-electron chi connectivity index (χ1n) is 12.0. The molecule has 0 aromatic heterocycles. The molecule has 2 N–H and O–H groups in total. The van der Waals surface area contributed by atoms with Crippen LogP contribution in [0.5, 0.6) is 5.75 Å². The van der Waals surface area contributed by atoms with E-state index in [9.17, 15) is 4.79 Å². The number of nitrogens with zero attached hydrogens (tertiary/aromatic N) is 3. The summed E-state index contributed by atoms with van der Waals surface area (Å²) in [5.41, 5.74) is 1.07. The number of likely N-dealkylation sites (tertiary alicyclic amines) is 1. The van der Waals surface area contributed by atoms with Gasteiger partial charge in [-0.1, -0.05) is 12.1 Å². The van der Waals surface area contributed by atoms with Gasteiger partial charge in [0, 0.05) is 45.4 Å². The second-order valence-electron chi connectivity index (χ2n) is 8.46. The highest BCUT2D eigenvalue weighted by Crippen LogP contribution is 2.16. The summed E-state index contributed by atoms with van der Waals surface area (Å²) in [4.78, 5) is 21.2. The molecule has 0 aliphatic carbocycles. The number of ether oxygens (including phenoxy) is 2. The Kier molecular flexibility index (Phi) is 12.9. The average molecular weight is 574 g/mol. The van der Waals surface area contributed by atoms with Crippen molar-refractivity contribution < 1.29 is 14.3 Å². The van der Waals surface area contributed by atoms with E-state index in [-0.39, 0.29) is 36.4 Å². The van der Waals surface area contributed by atoms with E-state index in [4.69, 9.17) is 9.47 Å². The van der Waals surface area contributed by atoms with Gasteiger partial charge in [-0.3, -0.25) is 9.69 Å². The Balaban J connectivity index is 0.00000385. The molecule has 0 bridgehead atoms. The van der Waals surface area contributed by atoms with Gasteiger partial charge >= 0.3 is 0 Å². The van der Waals surface area contributed by atoms with Crippen LogP contribution in [0.1, 0.15) is 38.2 Å². The summed E-state index contributed by atoms with van der Waals surface area (Å²) in [5, 5.41) is 6.38. The number of aliphatic imine (C=N–C) groups is 1. The zero-order valence-corrected chi connectivity index (χ0v) is 22.4. The number of guanidine groups is 1. The molecule has 1 aromatic rings. The molecule has 0 saturated carbocycles. The summed E-state index contributed by atoms with van der Waals surface area (Å²) in [5.74, 6) is 1.65. The average Bonchev–Trinajstić information content (AvgIpc) is 3.37. The quantitative estimate of drug-likeness (QED) is 0.255. The third-order valence-electron chi connectivity index (χ3n) is 6.06. The van der Waals surface area contributed by atoms with Crippen molar-refractivity contribution in [2.45, 2.75) is 45.2 Å². The Labute approximate surface area is 215 Å². The minimum absolute atomic E-state index is 0. The number of amides is 1. The molecule has 1 amide bonds. The van der Waals surface area contributed by atoms with Gasteiger partial charge in [-0.05, 0) is 57.4 Å². The summed E-state index contributed by atoms with van der Waals surface area (Å²) in [6.45, 7) is 8.55. The Bertz CT molecular complexity index is 737. The van der Waals surface area contributed by atoms with Crippen LogP contribution in [-0.4, -0.2) is 87.3 Å². The number of carbonyl (C=O) groups excluding carboxylic acids is 1. The number of benzene rings is 1. The largest absolute Gasteiger partial charge is 0.492 e. The molecule has 8 nitrogen and oxygen atoms in total. The third kappa shape index (κ3) is 9.66. The van der Waals surface area contributed by atoms with Crippen molar-refractivity contribution in [3.05, 3.63) is 29.8 Å². The molecule has 2 fully saturated rings. The maximum absolute atomic E-state index is 12.3. The number of carbonyl (C=O) groups is 1. The van der Waals surface area contributed by atoms with E-state index in [1.165, 1.54) is 0 Å². The van der Waals surface area contributed by atoms with E-state index < -0.39 is 0 Å². The van der Waals surface area contributed by atoms with Gasteiger partial charge in [0.2, 0.25) is 5.91 Å². The molecule has 2 heterocycles. The fourth-order valence-electron chi connectivity index (χ4n) is 4.10. The van der Waals surface area contributed by atoms with Crippen LogP contribution < -0.4 is 15.4 Å². The Morgan fingerprint density at radius 1 is 1.24 bits per heavy atom. The highest BCUT2D eigenvalue weighted by atomic mass is 127. The van der Waals surface area contributed by atoms with Crippen LogP contribution in [0.15, 0.2) is 29.3 Å². The van der Waals surface area contributed by atoms with Gasteiger partial charge in [0.1, 0.15) is 12.4 Å².